The molecule has 3 aromatic rings. The Morgan fingerprint density at radius 3 is 2.50 bits per heavy atom. The molecule has 0 fully saturated rings. The second kappa shape index (κ2) is 9.32. The SMILES string of the molecule is CCC(=O)Nc1cccc(NC(=O)c2cccc(OCc3cccnc3)c2)c1. The van der Waals surface area contributed by atoms with Crippen LogP contribution >= 0.6 is 0 Å². The number of benzene rings is 2. The van der Waals surface area contributed by atoms with E-state index in [0.717, 1.165) is 5.56 Å². The topological polar surface area (TPSA) is 80.3 Å². The van der Waals surface area contributed by atoms with Crippen LogP contribution in [0.4, 0.5) is 11.4 Å². The van der Waals surface area contributed by atoms with Gasteiger partial charge in [0.05, 0.1) is 0 Å². The van der Waals surface area contributed by atoms with E-state index in [1.807, 2.05) is 12.1 Å². The Labute approximate surface area is 163 Å². The van der Waals surface area contributed by atoms with Crippen molar-refractivity contribution in [1.82, 2.24) is 4.98 Å². The lowest BCUT2D eigenvalue weighted by Gasteiger charge is -2.10. The number of anilines is 2. The Morgan fingerprint density at radius 1 is 0.964 bits per heavy atom. The molecule has 142 valence electrons. The van der Waals surface area contributed by atoms with Gasteiger partial charge >= 0.3 is 0 Å². The minimum atomic E-state index is -0.259. The molecule has 0 radical (unpaired) electrons. The van der Waals surface area contributed by atoms with Crippen LogP contribution < -0.4 is 15.4 Å². The zero-order chi connectivity index (χ0) is 19.8. The van der Waals surface area contributed by atoms with Crippen LogP contribution in [0.15, 0.2) is 73.1 Å². The molecule has 2 N–H and O–H groups in total. The highest BCUT2D eigenvalue weighted by atomic mass is 16.5. The van der Waals surface area contributed by atoms with Gasteiger partial charge in [-0.2, -0.15) is 0 Å². The van der Waals surface area contributed by atoms with Crippen LogP contribution in [0.1, 0.15) is 29.3 Å². The van der Waals surface area contributed by atoms with Gasteiger partial charge in [0.2, 0.25) is 5.91 Å². The van der Waals surface area contributed by atoms with Gasteiger partial charge in [-0.25, -0.2) is 0 Å². The number of pyridine rings is 1. The van der Waals surface area contributed by atoms with Crippen LogP contribution in [0.3, 0.4) is 0 Å². The van der Waals surface area contributed by atoms with Crippen LogP contribution in [-0.2, 0) is 11.4 Å². The molecule has 6 heteroatoms. The number of nitrogens with zero attached hydrogens (tertiary/aromatic N) is 1. The van der Waals surface area contributed by atoms with Gasteiger partial charge < -0.3 is 15.4 Å². The van der Waals surface area contributed by atoms with E-state index in [2.05, 4.69) is 15.6 Å². The molecule has 0 atom stereocenters. The van der Waals surface area contributed by atoms with Gasteiger partial charge in [-0.05, 0) is 42.5 Å². The molecule has 0 saturated heterocycles. The van der Waals surface area contributed by atoms with E-state index in [9.17, 15) is 9.59 Å². The average molecular weight is 375 g/mol. The summed E-state index contributed by atoms with van der Waals surface area (Å²) in [6, 6.07) is 17.8. The Bertz CT molecular complexity index is 958. The van der Waals surface area contributed by atoms with Crippen LogP contribution in [0.2, 0.25) is 0 Å². The molecule has 0 aliphatic rings. The number of rotatable bonds is 7. The molecular weight excluding hydrogens is 354 g/mol. The maximum Gasteiger partial charge on any atom is 0.255 e. The van der Waals surface area contributed by atoms with E-state index in [-0.39, 0.29) is 11.8 Å². The quantitative estimate of drug-likeness (QED) is 0.646. The third kappa shape index (κ3) is 5.41. The molecule has 6 nitrogen and oxygen atoms in total. The summed E-state index contributed by atoms with van der Waals surface area (Å²) in [6.45, 7) is 2.16. The summed E-state index contributed by atoms with van der Waals surface area (Å²) >= 11 is 0. The number of ether oxygens (including phenoxy) is 1. The molecule has 0 bridgehead atoms. The maximum atomic E-state index is 12.6. The molecule has 0 spiro atoms. The normalized spacial score (nSPS) is 10.2. The largest absolute Gasteiger partial charge is 0.489 e. The van der Waals surface area contributed by atoms with E-state index >= 15 is 0 Å². The number of hydrogen-bond donors (Lipinski definition) is 2. The van der Waals surface area contributed by atoms with Gasteiger partial charge in [-0.15, -0.1) is 0 Å². The second-order valence-corrected chi connectivity index (χ2v) is 6.11. The highest BCUT2D eigenvalue weighted by Crippen LogP contribution is 2.19. The second-order valence-electron chi connectivity index (χ2n) is 6.11. The fourth-order valence-electron chi connectivity index (χ4n) is 2.50. The number of aromatic nitrogens is 1. The summed E-state index contributed by atoms with van der Waals surface area (Å²) in [7, 11) is 0. The lowest BCUT2D eigenvalue weighted by atomic mass is 10.2. The van der Waals surface area contributed by atoms with Crippen molar-refractivity contribution < 1.29 is 14.3 Å². The predicted octanol–water partition coefficient (Wildman–Crippen LogP) is 4.26. The zero-order valence-electron chi connectivity index (χ0n) is 15.5. The molecule has 1 aromatic heterocycles. The van der Waals surface area contributed by atoms with E-state index in [1.165, 1.54) is 0 Å². The van der Waals surface area contributed by atoms with Crippen molar-refractivity contribution in [2.75, 3.05) is 10.6 Å². The first kappa shape index (κ1) is 19.1. The number of carbonyl (C=O) groups is 2. The molecular formula is C22H21N3O3. The first-order chi connectivity index (χ1) is 13.6. The number of amides is 2. The highest BCUT2D eigenvalue weighted by Gasteiger charge is 2.09. The first-order valence-electron chi connectivity index (χ1n) is 8.97. The Morgan fingerprint density at radius 2 is 1.75 bits per heavy atom. The van der Waals surface area contributed by atoms with Crippen molar-refractivity contribution in [2.45, 2.75) is 20.0 Å². The monoisotopic (exact) mass is 375 g/mol. The molecule has 2 aromatic carbocycles. The number of carbonyl (C=O) groups excluding carboxylic acids is 2. The molecule has 0 aliphatic carbocycles. The molecule has 1 heterocycles. The minimum absolute atomic E-state index is 0.0815. The van der Waals surface area contributed by atoms with E-state index in [4.69, 9.17) is 4.74 Å². The Hall–Kier alpha value is -3.67. The Kier molecular flexibility index (Phi) is 6.36. The van der Waals surface area contributed by atoms with E-state index < -0.39 is 0 Å². The van der Waals surface area contributed by atoms with Crippen molar-refractivity contribution in [3.05, 3.63) is 84.2 Å². The molecule has 0 aliphatic heterocycles. The van der Waals surface area contributed by atoms with Crippen molar-refractivity contribution in [3.63, 3.8) is 0 Å². The summed E-state index contributed by atoms with van der Waals surface area (Å²) in [4.78, 5) is 28.1. The van der Waals surface area contributed by atoms with Crippen molar-refractivity contribution in [1.29, 1.82) is 0 Å². The lowest BCUT2D eigenvalue weighted by Crippen LogP contribution is -2.13. The van der Waals surface area contributed by atoms with E-state index in [0.29, 0.717) is 35.7 Å². The molecule has 3 rings (SSSR count). The van der Waals surface area contributed by atoms with Gasteiger partial charge in [0.15, 0.2) is 0 Å². The summed E-state index contributed by atoms with van der Waals surface area (Å²) in [6.07, 6.45) is 3.83. The lowest BCUT2D eigenvalue weighted by molar-refractivity contribution is -0.115. The van der Waals surface area contributed by atoms with Gasteiger partial charge in [-0.1, -0.05) is 25.1 Å². The fraction of sp³-hybridized carbons (Fsp3) is 0.136. The van der Waals surface area contributed by atoms with Crippen LogP contribution in [0, 0.1) is 0 Å². The van der Waals surface area contributed by atoms with Crippen molar-refractivity contribution >= 4 is 23.2 Å². The summed E-state index contributed by atoms with van der Waals surface area (Å²) < 4.78 is 5.74. The van der Waals surface area contributed by atoms with Crippen LogP contribution in [0.25, 0.3) is 0 Å². The Balaban J connectivity index is 1.64. The molecule has 28 heavy (non-hydrogen) atoms. The van der Waals surface area contributed by atoms with Gasteiger partial charge in [0.1, 0.15) is 12.4 Å². The van der Waals surface area contributed by atoms with Gasteiger partial charge in [0.25, 0.3) is 5.91 Å². The van der Waals surface area contributed by atoms with Crippen molar-refractivity contribution in [2.24, 2.45) is 0 Å². The van der Waals surface area contributed by atoms with Crippen LogP contribution in [-0.4, -0.2) is 16.8 Å². The predicted molar refractivity (Wildman–Crippen MR) is 108 cm³/mol. The third-order valence-electron chi connectivity index (χ3n) is 3.95. The van der Waals surface area contributed by atoms with Gasteiger partial charge in [-0.3, -0.25) is 14.6 Å². The zero-order valence-corrected chi connectivity index (χ0v) is 15.5. The number of hydrogen-bond acceptors (Lipinski definition) is 4. The smallest absolute Gasteiger partial charge is 0.255 e. The standard InChI is InChI=1S/C22H21N3O3/c1-2-21(26)24-18-8-4-9-19(13-18)25-22(27)17-7-3-10-20(12-17)28-15-16-6-5-11-23-14-16/h3-14H,2,15H2,1H3,(H,24,26)(H,25,27). The molecule has 0 saturated carbocycles. The van der Waals surface area contributed by atoms with Crippen LogP contribution in [0.5, 0.6) is 5.75 Å². The average Bonchev–Trinajstić information content (AvgIpc) is 2.73. The third-order valence-corrected chi connectivity index (χ3v) is 3.95. The molecule has 0 unspecified atom stereocenters. The minimum Gasteiger partial charge on any atom is -0.489 e. The first-order valence-corrected chi connectivity index (χ1v) is 8.97. The molecule has 2 amide bonds. The summed E-state index contributed by atoms with van der Waals surface area (Å²) in [5.74, 6) is 0.258. The van der Waals surface area contributed by atoms with E-state index in [1.54, 1.807) is 67.8 Å². The maximum absolute atomic E-state index is 12.6. The summed E-state index contributed by atoms with van der Waals surface area (Å²) in [5.41, 5.74) is 2.66. The fourth-order valence-corrected chi connectivity index (χ4v) is 2.50. The number of nitrogens with one attached hydrogen (secondary N) is 2. The highest BCUT2D eigenvalue weighted by molar-refractivity contribution is 6.05. The van der Waals surface area contributed by atoms with Gasteiger partial charge in [0, 0.05) is 41.3 Å². The van der Waals surface area contributed by atoms with Crippen molar-refractivity contribution in [3.8, 4) is 5.75 Å². The summed E-state index contributed by atoms with van der Waals surface area (Å²) in [5, 5.41) is 5.61.